The van der Waals surface area contributed by atoms with Crippen LogP contribution < -0.4 is 0 Å². The van der Waals surface area contributed by atoms with E-state index in [1.54, 1.807) is 37.5 Å². The largest absolute Gasteiger partial charge is 0.386 e. The van der Waals surface area contributed by atoms with Crippen molar-refractivity contribution in [3.63, 3.8) is 0 Å². The van der Waals surface area contributed by atoms with Gasteiger partial charge >= 0.3 is 0 Å². The summed E-state index contributed by atoms with van der Waals surface area (Å²) in [7, 11) is 1.62. The number of carbonyl (C=O) groups excluding carboxylic acids is 1. The van der Waals surface area contributed by atoms with Crippen molar-refractivity contribution in [3.8, 4) is 0 Å². The average Bonchev–Trinajstić information content (AvgIpc) is 2.59. The lowest BCUT2D eigenvalue weighted by atomic mass is 10.1. The van der Waals surface area contributed by atoms with Crippen LogP contribution in [0.4, 0.5) is 0 Å². The number of hydrogen-bond donors (Lipinski definition) is 1. The van der Waals surface area contributed by atoms with Crippen molar-refractivity contribution in [1.29, 1.82) is 0 Å². The lowest BCUT2D eigenvalue weighted by molar-refractivity contribution is -0.129. The summed E-state index contributed by atoms with van der Waals surface area (Å²) in [5.74, 6) is -0.356. The van der Waals surface area contributed by atoms with Crippen molar-refractivity contribution in [1.82, 2.24) is 4.90 Å². The van der Waals surface area contributed by atoms with E-state index >= 15 is 0 Å². The SMILES string of the molecule is CN(/C=C\c1ccccc1)C(=O)[C@@H](Cl)[C@@H](O)c1ccccc1. The molecule has 0 saturated heterocycles. The number of halogens is 1. The van der Waals surface area contributed by atoms with Crippen molar-refractivity contribution in [2.24, 2.45) is 0 Å². The number of carbonyl (C=O) groups is 1. The molecule has 2 atom stereocenters. The lowest BCUT2D eigenvalue weighted by Crippen LogP contribution is -2.33. The maximum atomic E-state index is 12.3. The molecule has 2 rings (SSSR count). The molecule has 0 saturated carbocycles. The van der Waals surface area contributed by atoms with E-state index in [0.717, 1.165) is 5.56 Å². The summed E-state index contributed by atoms with van der Waals surface area (Å²) in [6, 6.07) is 18.6. The lowest BCUT2D eigenvalue weighted by Gasteiger charge is -2.21. The third kappa shape index (κ3) is 4.20. The first-order valence-corrected chi connectivity index (χ1v) is 7.40. The molecule has 0 radical (unpaired) electrons. The van der Waals surface area contributed by atoms with E-state index in [-0.39, 0.29) is 5.91 Å². The van der Waals surface area contributed by atoms with E-state index in [1.807, 2.05) is 42.5 Å². The van der Waals surface area contributed by atoms with Crippen LogP contribution in [0.1, 0.15) is 17.2 Å². The Balaban J connectivity index is 2.02. The first-order valence-electron chi connectivity index (χ1n) is 6.96. The summed E-state index contributed by atoms with van der Waals surface area (Å²) < 4.78 is 0. The highest BCUT2D eigenvalue weighted by Gasteiger charge is 2.27. The molecular formula is C18H18ClNO2. The Morgan fingerprint density at radius 2 is 1.64 bits per heavy atom. The number of benzene rings is 2. The molecule has 0 heterocycles. The minimum Gasteiger partial charge on any atom is -0.386 e. The standard InChI is InChI=1S/C18H18ClNO2/c1-20(13-12-14-8-4-2-5-9-14)18(22)16(19)17(21)15-10-6-3-7-11-15/h2-13,16-17,21H,1H3/b13-12-/t16-,17-/m0/s1. The van der Waals surface area contributed by atoms with Crippen molar-refractivity contribution >= 4 is 23.6 Å². The quantitative estimate of drug-likeness (QED) is 0.858. The zero-order valence-electron chi connectivity index (χ0n) is 12.3. The summed E-state index contributed by atoms with van der Waals surface area (Å²) in [5, 5.41) is 9.16. The number of nitrogens with zero attached hydrogens (tertiary/aromatic N) is 1. The number of rotatable bonds is 5. The minimum atomic E-state index is -1.04. The molecule has 0 fully saturated rings. The second-order valence-corrected chi connectivity index (χ2v) is 5.40. The smallest absolute Gasteiger partial charge is 0.247 e. The van der Waals surface area contributed by atoms with Crippen LogP contribution in [-0.2, 0) is 4.79 Å². The highest BCUT2D eigenvalue weighted by molar-refractivity contribution is 6.31. The predicted octanol–water partition coefficient (Wildman–Crippen LogP) is 3.46. The van der Waals surface area contributed by atoms with Gasteiger partial charge in [-0.05, 0) is 17.2 Å². The molecule has 1 amide bonds. The fraction of sp³-hybridized carbons (Fsp3) is 0.167. The van der Waals surface area contributed by atoms with Crippen LogP contribution in [0.2, 0.25) is 0 Å². The van der Waals surface area contributed by atoms with Crippen LogP contribution in [0.25, 0.3) is 6.08 Å². The Morgan fingerprint density at radius 1 is 1.09 bits per heavy atom. The minimum absolute atomic E-state index is 0.356. The summed E-state index contributed by atoms with van der Waals surface area (Å²) >= 11 is 6.12. The van der Waals surface area contributed by atoms with Crippen LogP contribution in [0.15, 0.2) is 66.9 Å². The van der Waals surface area contributed by atoms with E-state index < -0.39 is 11.5 Å². The van der Waals surface area contributed by atoms with Gasteiger partial charge in [0, 0.05) is 13.2 Å². The number of alkyl halides is 1. The molecule has 0 aliphatic heterocycles. The van der Waals surface area contributed by atoms with Gasteiger partial charge in [-0.2, -0.15) is 0 Å². The van der Waals surface area contributed by atoms with Crippen LogP contribution in [-0.4, -0.2) is 28.3 Å². The molecule has 0 aromatic heterocycles. The Labute approximate surface area is 135 Å². The molecule has 0 bridgehead atoms. The number of aliphatic hydroxyl groups is 1. The van der Waals surface area contributed by atoms with E-state index in [4.69, 9.17) is 11.6 Å². The Morgan fingerprint density at radius 3 is 2.23 bits per heavy atom. The van der Waals surface area contributed by atoms with Crippen LogP contribution in [0.5, 0.6) is 0 Å². The molecule has 0 unspecified atom stereocenters. The van der Waals surface area contributed by atoms with Crippen LogP contribution >= 0.6 is 11.6 Å². The molecule has 0 aliphatic rings. The fourth-order valence-electron chi connectivity index (χ4n) is 1.98. The fourth-order valence-corrected chi connectivity index (χ4v) is 2.28. The third-order valence-corrected chi connectivity index (χ3v) is 3.72. The van der Waals surface area contributed by atoms with Gasteiger partial charge in [0.25, 0.3) is 0 Å². The zero-order valence-corrected chi connectivity index (χ0v) is 13.0. The average molecular weight is 316 g/mol. The molecule has 4 heteroatoms. The van der Waals surface area contributed by atoms with Gasteiger partial charge in [0.15, 0.2) is 0 Å². The van der Waals surface area contributed by atoms with E-state index in [2.05, 4.69) is 0 Å². The van der Waals surface area contributed by atoms with E-state index in [1.165, 1.54) is 4.90 Å². The Kier molecular flexibility index (Phi) is 5.75. The molecule has 2 aromatic carbocycles. The van der Waals surface area contributed by atoms with Gasteiger partial charge in [0.1, 0.15) is 11.5 Å². The molecule has 2 aromatic rings. The zero-order chi connectivity index (χ0) is 15.9. The second-order valence-electron chi connectivity index (χ2n) is 4.93. The number of aliphatic hydroxyl groups excluding tert-OH is 1. The van der Waals surface area contributed by atoms with Crippen molar-refractivity contribution < 1.29 is 9.90 Å². The molecule has 1 N–H and O–H groups in total. The molecule has 0 spiro atoms. The van der Waals surface area contributed by atoms with Crippen molar-refractivity contribution in [2.45, 2.75) is 11.5 Å². The Bertz CT molecular complexity index is 628. The summed E-state index contributed by atoms with van der Waals surface area (Å²) in [5.41, 5.74) is 1.60. The highest BCUT2D eigenvalue weighted by atomic mass is 35.5. The molecule has 0 aliphatic carbocycles. The van der Waals surface area contributed by atoms with Crippen molar-refractivity contribution in [3.05, 3.63) is 78.0 Å². The monoisotopic (exact) mass is 315 g/mol. The van der Waals surface area contributed by atoms with E-state index in [0.29, 0.717) is 5.56 Å². The molecular weight excluding hydrogens is 298 g/mol. The molecule has 114 valence electrons. The summed E-state index contributed by atoms with van der Waals surface area (Å²) in [6.07, 6.45) is 2.42. The van der Waals surface area contributed by atoms with Gasteiger partial charge in [-0.1, -0.05) is 60.7 Å². The van der Waals surface area contributed by atoms with Gasteiger partial charge < -0.3 is 10.0 Å². The van der Waals surface area contributed by atoms with Crippen LogP contribution in [0.3, 0.4) is 0 Å². The third-order valence-electron chi connectivity index (χ3n) is 3.29. The summed E-state index contributed by atoms with van der Waals surface area (Å²) in [4.78, 5) is 13.6. The van der Waals surface area contributed by atoms with Crippen molar-refractivity contribution in [2.75, 3.05) is 7.05 Å². The normalized spacial score (nSPS) is 13.8. The topological polar surface area (TPSA) is 40.5 Å². The highest BCUT2D eigenvalue weighted by Crippen LogP contribution is 2.22. The van der Waals surface area contributed by atoms with Gasteiger partial charge in [-0.3, -0.25) is 4.79 Å². The number of hydrogen-bond acceptors (Lipinski definition) is 2. The Hall–Kier alpha value is -2.10. The summed E-state index contributed by atoms with van der Waals surface area (Å²) in [6.45, 7) is 0. The van der Waals surface area contributed by atoms with E-state index in [9.17, 15) is 9.90 Å². The van der Waals surface area contributed by atoms with Gasteiger partial charge in [0.2, 0.25) is 5.91 Å². The first kappa shape index (κ1) is 16.3. The molecule has 3 nitrogen and oxygen atoms in total. The van der Waals surface area contributed by atoms with Gasteiger partial charge in [-0.15, -0.1) is 11.6 Å². The first-order chi connectivity index (χ1) is 10.6. The predicted molar refractivity (Wildman–Crippen MR) is 89.3 cm³/mol. The van der Waals surface area contributed by atoms with Gasteiger partial charge in [0.05, 0.1) is 0 Å². The molecule has 22 heavy (non-hydrogen) atoms. The maximum absolute atomic E-state index is 12.3. The van der Waals surface area contributed by atoms with Crippen LogP contribution in [0, 0.1) is 0 Å². The maximum Gasteiger partial charge on any atom is 0.247 e. The van der Waals surface area contributed by atoms with Gasteiger partial charge in [-0.25, -0.2) is 0 Å². The number of amides is 1. The second kappa shape index (κ2) is 7.78.